The van der Waals surface area contributed by atoms with Crippen LogP contribution < -0.4 is 15.5 Å². The molecule has 2 N–H and O–H groups in total. The number of nitrogens with one attached hydrogen (secondary N) is 2. The number of anilines is 3. The van der Waals surface area contributed by atoms with Gasteiger partial charge in [0.2, 0.25) is 0 Å². The highest BCUT2D eigenvalue weighted by Gasteiger charge is 2.39. The molecule has 0 saturated heterocycles. The fourth-order valence-corrected chi connectivity index (χ4v) is 4.75. The van der Waals surface area contributed by atoms with E-state index in [0.29, 0.717) is 16.4 Å². The van der Waals surface area contributed by atoms with Gasteiger partial charge in [0.1, 0.15) is 10.7 Å². The Morgan fingerprint density at radius 1 is 0.923 bits per heavy atom. The number of thiazole rings is 1. The number of benzene rings is 3. The molecule has 5 rings (SSSR count). The molecular weight excluding hydrogens is 540 g/mol. The van der Waals surface area contributed by atoms with Crippen LogP contribution in [0.15, 0.2) is 95.0 Å². The molecule has 194 valence electrons. The third-order valence-corrected chi connectivity index (χ3v) is 6.87. The molecule has 0 radical (unpaired) electrons. The first-order valence-electron chi connectivity index (χ1n) is 11.5. The van der Waals surface area contributed by atoms with E-state index in [2.05, 4.69) is 15.6 Å². The van der Waals surface area contributed by atoms with Crippen LogP contribution in [0.2, 0.25) is 0 Å². The summed E-state index contributed by atoms with van der Waals surface area (Å²) in [6.45, 7) is 0. The van der Waals surface area contributed by atoms with Crippen molar-refractivity contribution in [3.63, 3.8) is 0 Å². The Morgan fingerprint density at radius 2 is 1.67 bits per heavy atom. The SMILES string of the molecule is COC(=O)c1cccc(N2C(=O)C(Cl)=C(Nc3ccc(C(=O)Nc4nc(-c5ccccc5)cs4)cc3)C2=O)c1. The largest absolute Gasteiger partial charge is 0.465 e. The summed E-state index contributed by atoms with van der Waals surface area (Å²) in [5.41, 5.74) is 2.75. The van der Waals surface area contributed by atoms with Crippen molar-refractivity contribution >= 4 is 63.1 Å². The predicted octanol–water partition coefficient (Wildman–Crippen LogP) is 5.28. The van der Waals surface area contributed by atoms with E-state index in [1.807, 2.05) is 35.7 Å². The molecule has 0 bridgehead atoms. The van der Waals surface area contributed by atoms with E-state index in [9.17, 15) is 19.2 Å². The highest BCUT2D eigenvalue weighted by Crippen LogP contribution is 2.31. The van der Waals surface area contributed by atoms with Crippen LogP contribution in [0.1, 0.15) is 20.7 Å². The van der Waals surface area contributed by atoms with E-state index in [0.717, 1.165) is 16.2 Å². The molecule has 0 saturated carbocycles. The molecule has 11 heteroatoms. The van der Waals surface area contributed by atoms with Gasteiger partial charge in [-0.05, 0) is 42.5 Å². The van der Waals surface area contributed by atoms with Gasteiger partial charge in [-0.2, -0.15) is 0 Å². The minimum absolute atomic E-state index is 0.126. The lowest BCUT2D eigenvalue weighted by Crippen LogP contribution is -2.32. The van der Waals surface area contributed by atoms with Gasteiger partial charge in [0, 0.05) is 22.2 Å². The smallest absolute Gasteiger partial charge is 0.337 e. The fraction of sp³-hybridized carbons (Fsp3) is 0.0357. The zero-order valence-corrected chi connectivity index (χ0v) is 21.9. The molecular formula is C28H19ClN4O5S. The molecule has 0 spiro atoms. The first-order chi connectivity index (χ1) is 18.9. The number of halogens is 1. The Morgan fingerprint density at radius 3 is 2.38 bits per heavy atom. The molecule has 4 aromatic rings. The number of hydrogen-bond donors (Lipinski definition) is 2. The number of nitrogens with zero attached hydrogens (tertiary/aromatic N) is 2. The van der Waals surface area contributed by atoms with Gasteiger partial charge in [0.05, 0.1) is 24.1 Å². The molecule has 39 heavy (non-hydrogen) atoms. The molecule has 9 nitrogen and oxygen atoms in total. The molecule has 1 aromatic heterocycles. The highest BCUT2D eigenvalue weighted by atomic mass is 35.5. The van der Waals surface area contributed by atoms with Crippen molar-refractivity contribution in [2.24, 2.45) is 0 Å². The van der Waals surface area contributed by atoms with Crippen LogP contribution in [-0.2, 0) is 14.3 Å². The van der Waals surface area contributed by atoms with Crippen LogP contribution in [0.3, 0.4) is 0 Å². The summed E-state index contributed by atoms with van der Waals surface area (Å²) in [6.07, 6.45) is 0. The number of aromatic nitrogens is 1. The van der Waals surface area contributed by atoms with Crippen LogP contribution in [0.5, 0.6) is 0 Å². The maximum Gasteiger partial charge on any atom is 0.337 e. The van der Waals surface area contributed by atoms with E-state index in [1.165, 1.54) is 42.7 Å². The zero-order chi connectivity index (χ0) is 27.5. The van der Waals surface area contributed by atoms with Gasteiger partial charge in [-0.15, -0.1) is 11.3 Å². The van der Waals surface area contributed by atoms with E-state index in [-0.39, 0.29) is 27.9 Å². The van der Waals surface area contributed by atoms with Gasteiger partial charge in [-0.1, -0.05) is 48.0 Å². The second-order valence-corrected chi connectivity index (χ2v) is 9.47. The second kappa shape index (κ2) is 10.9. The monoisotopic (exact) mass is 558 g/mol. The Hall–Kier alpha value is -4.80. The number of rotatable bonds is 7. The molecule has 1 aliphatic heterocycles. The molecule has 3 aromatic carbocycles. The predicted molar refractivity (Wildman–Crippen MR) is 149 cm³/mol. The zero-order valence-electron chi connectivity index (χ0n) is 20.3. The first-order valence-corrected chi connectivity index (χ1v) is 12.8. The summed E-state index contributed by atoms with van der Waals surface area (Å²) in [5, 5.41) is 7.66. The number of esters is 1. The molecule has 1 aliphatic rings. The third-order valence-electron chi connectivity index (χ3n) is 5.76. The number of amides is 3. The van der Waals surface area contributed by atoms with Crippen LogP contribution in [-0.4, -0.2) is 35.8 Å². The number of methoxy groups -OCH3 is 1. The summed E-state index contributed by atoms with van der Waals surface area (Å²) < 4.78 is 4.70. The number of carbonyl (C=O) groups is 4. The lowest BCUT2D eigenvalue weighted by molar-refractivity contribution is -0.120. The number of hydrogen-bond acceptors (Lipinski definition) is 8. The van der Waals surface area contributed by atoms with E-state index in [4.69, 9.17) is 16.3 Å². The molecule has 0 atom stereocenters. The summed E-state index contributed by atoms with van der Waals surface area (Å²) in [5.74, 6) is -2.38. The van der Waals surface area contributed by atoms with Crippen molar-refractivity contribution in [2.45, 2.75) is 0 Å². The molecule has 3 amide bonds. The number of carbonyl (C=O) groups excluding carboxylic acids is 4. The summed E-state index contributed by atoms with van der Waals surface area (Å²) in [4.78, 5) is 55.8. The molecule has 0 aliphatic carbocycles. The average Bonchev–Trinajstić information content (AvgIpc) is 3.51. The number of ether oxygens (including phenoxy) is 1. The van der Waals surface area contributed by atoms with Crippen LogP contribution in [0, 0.1) is 0 Å². The first kappa shape index (κ1) is 25.8. The Bertz CT molecular complexity index is 1630. The van der Waals surface area contributed by atoms with Gasteiger partial charge in [-0.3, -0.25) is 19.7 Å². The molecule has 0 fully saturated rings. The summed E-state index contributed by atoms with van der Waals surface area (Å²) in [6, 6.07) is 21.8. The summed E-state index contributed by atoms with van der Waals surface area (Å²) >= 11 is 7.53. The fourth-order valence-electron chi connectivity index (χ4n) is 3.83. The van der Waals surface area contributed by atoms with Crippen molar-refractivity contribution in [1.82, 2.24) is 4.98 Å². The van der Waals surface area contributed by atoms with Gasteiger partial charge in [-0.25, -0.2) is 14.7 Å². The van der Waals surface area contributed by atoms with Crippen molar-refractivity contribution in [3.05, 3.63) is 106 Å². The minimum Gasteiger partial charge on any atom is -0.465 e. The Balaban J connectivity index is 1.27. The molecule has 0 unspecified atom stereocenters. The normalized spacial score (nSPS) is 13.0. The van der Waals surface area contributed by atoms with E-state index in [1.54, 1.807) is 24.3 Å². The van der Waals surface area contributed by atoms with Crippen molar-refractivity contribution in [1.29, 1.82) is 0 Å². The van der Waals surface area contributed by atoms with E-state index < -0.39 is 17.8 Å². The van der Waals surface area contributed by atoms with Crippen molar-refractivity contribution in [2.75, 3.05) is 22.6 Å². The van der Waals surface area contributed by atoms with Gasteiger partial charge in [0.15, 0.2) is 5.13 Å². The van der Waals surface area contributed by atoms with Crippen LogP contribution >= 0.6 is 22.9 Å². The lowest BCUT2D eigenvalue weighted by atomic mass is 10.2. The Kier molecular flexibility index (Phi) is 7.22. The maximum absolute atomic E-state index is 13.1. The van der Waals surface area contributed by atoms with Gasteiger partial charge >= 0.3 is 5.97 Å². The van der Waals surface area contributed by atoms with Crippen LogP contribution in [0.4, 0.5) is 16.5 Å². The standard InChI is InChI=1S/C28H19ClN4O5S/c1-38-27(37)18-8-5-9-20(14-18)33-25(35)22(29)23(26(33)36)30-19-12-10-17(11-13-19)24(34)32-28-31-21(15-39-28)16-6-3-2-4-7-16/h2-15,30H,1H3,(H,31,32,34). The van der Waals surface area contributed by atoms with Crippen molar-refractivity contribution in [3.8, 4) is 11.3 Å². The van der Waals surface area contributed by atoms with Crippen LogP contribution in [0.25, 0.3) is 11.3 Å². The second-order valence-electron chi connectivity index (χ2n) is 8.24. The van der Waals surface area contributed by atoms with Gasteiger partial charge in [0.25, 0.3) is 17.7 Å². The number of imide groups is 1. The maximum atomic E-state index is 13.1. The highest BCUT2D eigenvalue weighted by molar-refractivity contribution is 7.14. The molecule has 2 heterocycles. The van der Waals surface area contributed by atoms with E-state index >= 15 is 0 Å². The Labute approximate surface area is 231 Å². The van der Waals surface area contributed by atoms with Crippen molar-refractivity contribution < 1.29 is 23.9 Å². The summed E-state index contributed by atoms with van der Waals surface area (Å²) in [7, 11) is 1.23. The average molecular weight is 559 g/mol. The lowest BCUT2D eigenvalue weighted by Gasteiger charge is -2.16. The minimum atomic E-state index is -0.736. The van der Waals surface area contributed by atoms with Gasteiger partial charge < -0.3 is 10.1 Å². The third kappa shape index (κ3) is 5.28. The topological polar surface area (TPSA) is 118 Å². The quantitative estimate of drug-likeness (QED) is 0.234.